The summed E-state index contributed by atoms with van der Waals surface area (Å²) in [4.78, 5) is 8.36. The van der Waals surface area contributed by atoms with E-state index in [2.05, 4.69) is 9.97 Å². The van der Waals surface area contributed by atoms with Crippen molar-refractivity contribution >= 4 is 22.6 Å². The molecule has 0 atom stereocenters. The molecule has 0 unspecified atom stereocenters. The van der Waals surface area contributed by atoms with Gasteiger partial charge in [0.15, 0.2) is 5.69 Å². The van der Waals surface area contributed by atoms with Crippen molar-refractivity contribution in [3.63, 3.8) is 0 Å². The lowest BCUT2D eigenvalue weighted by atomic mass is 10.2. The first-order valence-corrected chi connectivity index (χ1v) is 6.10. The quantitative estimate of drug-likeness (QED) is 0.718. The van der Waals surface area contributed by atoms with Crippen molar-refractivity contribution < 1.29 is 0 Å². The Morgan fingerprint density at radius 3 is 2.89 bits per heavy atom. The molecule has 2 heterocycles. The number of hydrogen-bond donors (Lipinski definition) is 0. The average molecular weight is 269 g/mol. The Balaban J connectivity index is 1.97. The first-order valence-electron chi connectivity index (χ1n) is 5.72. The van der Waals surface area contributed by atoms with E-state index in [-0.39, 0.29) is 5.69 Å². The van der Waals surface area contributed by atoms with Crippen molar-refractivity contribution in [1.29, 1.82) is 5.26 Å². The highest BCUT2D eigenvalue weighted by Gasteiger charge is 2.05. The minimum Gasteiger partial charge on any atom is -0.326 e. The van der Waals surface area contributed by atoms with Crippen molar-refractivity contribution in [3.05, 3.63) is 59.1 Å². The van der Waals surface area contributed by atoms with Crippen LogP contribution in [-0.4, -0.2) is 14.5 Å². The Bertz CT molecular complexity index is 785. The number of para-hydroxylation sites is 2. The number of aromatic nitrogens is 3. The van der Waals surface area contributed by atoms with Crippen molar-refractivity contribution in [2.75, 3.05) is 0 Å². The lowest BCUT2D eigenvalue weighted by Crippen LogP contribution is -1.99. The van der Waals surface area contributed by atoms with E-state index in [0.717, 1.165) is 16.6 Å². The second-order valence-corrected chi connectivity index (χ2v) is 4.55. The third-order valence-corrected chi connectivity index (χ3v) is 3.17. The topological polar surface area (TPSA) is 54.5 Å². The van der Waals surface area contributed by atoms with Crippen molar-refractivity contribution in [1.82, 2.24) is 14.5 Å². The van der Waals surface area contributed by atoms with Gasteiger partial charge in [0.05, 0.1) is 28.9 Å². The van der Waals surface area contributed by atoms with Crippen molar-refractivity contribution in [2.24, 2.45) is 0 Å². The van der Waals surface area contributed by atoms with Crippen LogP contribution in [0.3, 0.4) is 0 Å². The third kappa shape index (κ3) is 2.16. The van der Waals surface area contributed by atoms with Gasteiger partial charge in [-0.05, 0) is 23.8 Å². The predicted octanol–water partition coefficient (Wildman–Crippen LogP) is 3.00. The normalized spacial score (nSPS) is 10.5. The van der Waals surface area contributed by atoms with Crippen LogP contribution in [0, 0.1) is 11.3 Å². The van der Waals surface area contributed by atoms with Gasteiger partial charge >= 0.3 is 0 Å². The number of hydrogen-bond acceptors (Lipinski definition) is 3. The van der Waals surface area contributed by atoms with Crippen molar-refractivity contribution in [3.8, 4) is 6.07 Å². The molecular weight excluding hydrogens is 260 g/mol. The molecule has 0 spiro atoms. The Labute approximate surface area is 114 Å². The molecule has 0 radical (unpaired) electrons. The Kier molecular flexibility index (Phi) is 2.90. The van der Waals surface area contributed by atoms with Crippen LogP contribution in [0.15, 0.2) is 42.9 Å². The van der Waals surface area contributed by atoms with E-state index in [1.165, 1.54) is 0 Å². The summed E-state index contributed by atoms with van der Waals surface area (Å²) in [5, 5.41) is 9.17. The van der Waals surface area contributed by atoms with E-state index in [1.54, 1.807) is 18.6 Å². The van der Waals surface area contributed by atoms with Crippen LogP contribution in [0.1, 0.15) is 11.3 Å². The summed E-state index contributed by atoms with van der Waals surface area (Å²) < 4.78 is 2.02. The number of fused-ring (bicyclic) bond motifs is 1. The van der Waals surface area contributed by atoms with Crippen LogP contribution < -0.4 is 0 Å². The number of benzene rings is 1. The van der Waals surface area contributed by atoms with Gasteiger partial charge in [0.1, 0.15) is 6.07 Å². The summed E-state index contributed by atoms with van der Waals surface area (Å²) in [7, 11) is 0. The largest absolute Gasteiger partial charge is 0.326 e. The summed E-state index contributed by atoms with van der Waals surface area (Å²) >= 11 is 5.98. The van der Waals surface area contributed by atoms with Crippen LogP contribution in [-0.2, 0) is 6.54 Å². The Hall–Kier alpha value is -2.38. The monoisotopic (exact) mass is 268 g/mol. The molecule has 0 saturated heterocycles. The molecule has 0 N–H and O–H groups in total. The van der Waals surface area contributed by atoms with Gasteiger partial charge in [-0.25, -0.2) is 9.97 Å². The van der Waals surface area contributed by atoms with Gasteiger partial charge in [-0.2, -0.15) is 5.26 Å². The zero-order valence-corrected chi connectivity index (χ0v) is 10.7. The first kappa shape index (κ1) is 11.7. The molecule has 3 rings (SSSR count). The van der Waals surface area contributed by atoms with Crippen LogP contribution in [0.4, 0.5) is 0 Å². The lowest BCUT2D eigenvalue weighted by Gasteiger charge is -2.05. The number of rotatable bonds is 2. The zero-order valence-electron chi connectivity index (χ0n) is 9.92. The maximum atomic E-state index is 8.80. The first-order chi connectivity index (χ1) is 9.28. The maximum absolute atomic E-state index is 8.80. The van der Waals surface area contributed by atoms with Gasteiger partial charge in [0.25, 0.3) is 0 Å². The fourth-order valence-electron chi connectivity index (χ4n) is 1.98. The molecule has 19 heavy (non-hydrogen) atoms. The fraction of sp³-hybridized carbons (Fsp3) is 0.0714. The molecule has 0 bridgehead atoms. The Morgan fingerprint density at radius 2 is 2.11 bits per heavy atom. The zero-order chi connectivity index (χ0) is 13.2. The van der Waals surface area contributed by atoms with Gasteiger partial charge in [-0.1, -0.05) is 23.7 Å². The van der Waals surface area contributed by atoms with Crippen LogP contribution >= 0.6 is 11.6 Å². The minimum atomic E-state index is 0.251. The number of nitrogens with zero attached hydrogens (tertiary/aromatic N) is 4. The molecule has 2 aromatic heterocycles. The van der Waals surface area contributed by atoms with E-state index in [0.29, 0.717) is 11.6 Å². The molecule has 0 fully saturated rings. The van der Waals surface area contributed by atoms with E-state index in [9.17, 15) is 0 Å². The Morgan fingerprint density at radius 1 is 1.26 bits per heavy atom. The molecule has 0 aliphatic rings. The summed E-state index contributed by atoms with van der Waals surface area (Å²) in [5.74, 6) is 0. The highest BCUT2D eigenvalue weighted by Crippen LogP contribution is 2.17. The molecule has 4 nitrogen and oxygen atoms in total. The highest BCUT2D eigenvalue weighted by atomic mass is 35.5. The van der Waals surface area contributed by atoms with Crippen LogP contribution in [0.2, 0.25) is 5.02 Å². The third-order valence-electron chi connectivity index (χ3n) is 2.88. The maximum Gasteiger partial charge on any atom is 0.159 e. The summed E-state index contributed by atoms with van der Waals surface area (Å²) in [6.45, 7) is 0.624. The molecule has 5 heteroatoms. The van der Waals surface area contributed by atoms with Crippen LogP contribution in [0.5, 0.6) is 0 Å². The molecule has 92 valence electrons. The number of nitriles is 1. The van der Waals surface area contributed by atoms with Gasteiger partial charge < -0.3 is 4.57 Å². The van der Waals surface area contributed by atoms with Crippen LogP contribution in [0.25, 0.3) is 11.0 Å². The van der Waals surface area contributed by atoms with Gasteiger partial charge in [0, 0.05) is 6.20 Å². The van der Waals surface area contributed by atoms with E-state index < -0.39 is 0 Å². The second kappa shape index (κ2) is 4.71. The predicted molar refractivity (Wildman–Crippen MR) is 72.8 cm³/mol. The molecule has 0 saturated carbocycles. The standard InChI is InChI=1S/C14H9ClN4/c15-11-5-10(7-17-13(11)6-16)8-19-9-18-12-3-1-2-4-14(12)19/h1-5,7,9H,8H2. The van der Waals surface area contributed by atoms with Gasteiger partial charge in [-0.3, -0.25) is 0 Å². The SMILES string of the molecule is N#Cc1ncc(Cn2cnc3ccccc32)cc1Cl. The summed E-state index contributed by atoms with van der Waals surface area (Å²) in [5.41, 5.74) is 3.20. The second-order valence-electron chi connectivity index (χ2n) is 4.15. The molecule has 0 aliphatic heterocycles. The molecule has 0 aliphatic carbocycles. The molecule has 3 aromatic rings. The van der Waals surface area contributed by atoms with Gasteiger partial charge in [0.2, 0.25) is 0 Å². The molecule has 1 aromatic carbocycles. The van der Waals surface area contributed by atoms with Crippen molar-refractivity contribution in [2.45, 2.75) is 6.54 Å². The molecular formula is C14H9ClN4. The summed E-state index contributed by atoms with van der Waals surface area (Å²) in [6.07, 6.45) is 3.45. The fourth-order valence-corrected chi connectivity index (χ4v) is 2.21. The minimum absolute atomic E-state index is 0.251. The van der Waals surface area contributed by atoms with E-state index in [1.807, 2.05) is 34.9 Å². The highest BCUT2D eigenvalue weighted by molar-refractivity contribution is 6.31. The molecule has 0 amide bonds. The summed E-state index contributed by atoms with van der Waals surface area (Å²) in [6, 6.07) is 11.6. The van der Waals surface area contributed by atoms with E-state index in [4.69, 9.17) is 16.9 Å². The number of imidazole rings is 1. The number of halogens is 1. The smallest absolute Gasteiger partial charge is 0.159 e. The van der Waals surface area contributed by atoms with Gasteiger partial charge in [-0.15, -0.1) is 0 Å². The lowest BCUT2D eigenvalue weighted by molar-refractivity contribution is 0.819. The average Bonchev–Trinajstić information content (AvgIpc) is 2.83. The number of pyridine rings is 1. The van der Waals surface area contributed by atoms with E-state index >= 15 is 0 Å².